The van der Waals surface area contributed by atoms with Crippen molar-refractivity contribution >= 4 is 27.4 Å². The minimum atomic E-state index is -3.20. The Balaban J connectivity index is 1.97. The first kappa shape index (κ1) is 13.4. The van der Waals surface area contributed by atoms with Crippen LogP contribution in [0.2, 0.25) is 0 Å². The van der Waals surface area contributed by atoms with Crippen molar-refractivity contribution < 1.29 is 8.42 Å². The Morgan fingerprint density at radius 1 is 1.30 bits per heavy atom. The monoisotopic (exact) mass is 307 g/mol. The van der Waals surface area contributed by atoms with Crippen LogP contribution in [0.3, 0.4) is 0 Å². The number of thioether (sulfide) groups is 1. The maximum absolute atomic E-state index is 12.1. The molecule has 0 fully saturated rings. The number of nitrogens with two attached hydrogens (primary N) is 1. The Hall–Kier alpha value is -1.60. The number of aromatic nitrogens is 2. The van der Waals surface area contributed by atoms with Gasteiger partial charge in [0, 0.05) is 11.8 Å². The number of nitrogen functional groups attached to an aromatic ring is 1. The van der Waals surface area contributed by atoms with E-state index >= 15 is 0 Å². The Bertz CT molecular complexity index is 755. The summed E-state index contributed by atoms with van der Waals surface area (Å²) in [4.78, 5) is 8.86. The van der Waals surface area contributed by atoms with E-state index in [2.05, 4.69) is 9.97 Å². The molecule has 1 aromatic heterocycles. The summed E-state index contributed by atoms with van der Waals surface area (Å²) in [5.74, 6) is 0.475. The molecule has 0 aliphatic carbocycles. The molecular formula is C13H13N3O2S2. The van der Waals surface area contributed by atoms with Gasteiger partial charge in [-0.3, -0.25) is 0 Å². The number of sulfone groups is 1. The summed E-state index contributed by atoms with van der Waals surface area (Å²) in [5.41, 5.74) is 7.29. The minimum Gasteiger partial charge on any atom is -0.384 e. The van der Waals surface area contributed by atoms with E-state index in [-0.39, 0.29) is 11.0 Å². The van der Waals surface area contributed by atoms with E-state index in [0.29, 0.717) is 15.9 Å². The van der Waals surface area contributed by atoms with Crippen molar-refractivity contribution in [2.45, 2.75) is 22.2 Å². The van der Waals surface area contributed by atoms with Crippen LogP contribution in [0.5, 0.6) is 0 Å². The van der Waals surface area contributed by atoms with Gasteiger partial charge in [0.1, 0.15) is 5.82 Å². The third-order valence-corrected chi connectivity index (χ3v) is 6.20. The van der Waals surface area contributed by atoms with E-state index in [1.54, 1.807) is 18.2 Å². The molecule has 0 spiro atoms. The van der Waals surface area contributed by atoms with E-state index < -0.39 is 9.84 Å². The molecule has 0 saturated heterocycles. The van der Waals surface area contributed by atoms with Gasteiger partial charge in [0.25, 0.3) is 0 Å². The van der Waals surface area contributed by atoms with Gasteiger partial charge in [0.05, 0.1) is 15.9 Å². The second kappa shape index (κ2) is 4.75. The first-order valence-electron chi connectivity index (χ1n) is 6.05. The van der Waals surface area contributed by atoms with E-state index in [1.165, 1.54) is 11.8 Å². The number of anilines is 1. The molecule has 1 atom stereocenters. The molecule has 0 saturated carbocycles. The first-order valence-corrected chi connectivity index (χ1v) is 8.58. The highest BCUT2D eigenvalue weighted by atomic mass is 32.2. The van der Waals surface area contributed by atoms with Crippen molar-refractivity contribution in [3.8, 4) is 0 Å². The standard InChI is InChI=1S/C13H13N3O2S2/c1-8-6-12(14)16-13(15-8)19-10-7-20(17,18)11-5-3-2-4-9(10)11/h2-6,10H,7H2,1H3,(H2,14,15,16). The normalized spacial score (nSPS) is 19.8. The highest BCUT2D eigenvalue weighted by molar-refractivity contribution is 8.01. The van der Waals surface area contributed by atoms with E-state index in [4.69, 9.17) is 5.73 Å². The van der Waals surface area contributed by atoms with Crippen molar-refractivity contribution in [1.29, 1.82) is 0 Å². The van der Waals surface area contributed by atoms with Crippen LogP contribution in [0.1, 0.15) is 16.5 Å². The summed E-state index contributed by atoms with van der Waals surface area (Å²) in [5, 5.41) is 0.330. The van der Waals surface area contributed by atoms with Crippen molar-refractivity contribution in [3.63, 3.8) is 0 Å². The van der Waals surface area contributed by atoms with Crippen LogP contribution in [-0.4, -0.2) is 24.1 Å². The number of fused-ring (bicyclic) bond motifs is 1. The Labute approximate surface area is 121 Å². The van der Waals surface area contributed by atoms with Crippen molar-refractivity contribution in [2.75, 3.05) is 11.5 Å². The topological polar surface area (TPSA) is 85.9 Å². The highest BCUT2D eigenvalue weighted by Gasteiger charge is 2.35. The number of benzene rings is 1. The lowest BCUT2D eigenvalue weighted by Crippen LogP contribution is -2.03. The van der Waals surface area contributed by atoms with Gasteiger partial charge in [-0.2, -0.15) is 0 Å². The highest BCUT2D eigenvalue weighted by Crippen LogP contribution is 2.43. The number of aryl methyl sites for hydroxylation is 1. The van der Waals surface area contributed by atoms with Crippen LogP contribution in [0.25, 0.3) is 0 Å². The second-order valence-corrected chi connectivity index (χ2v) is 7.82. The Morgan fingerprint density at radius 2 is 2.05 bits per heavy atom. The van der Waals surface area contributed by atoms with Crippen molar-refractivity contribution in [1.82, 2.24) is 9.97 Å². The molecular weight excluding hydrogens is 294 g/mol. The van der Waals surface area contributed by atoms with Gasteiger partial charge in [-0.25, -0.2) is 18.4 Å². The minimum absolute atomic E-state index is 0.0776. The zero-order valence-corrected chi connectivity index (χ0v) is 12.4. The van der Waals surface area contributed by atoms with E-state index in [1.807, 2.05) is 19.1 Å². The average molecular weight is 307 g/mol. The quantitative estimate of drug-likeness (QED) is 0.854. The summed E-state index contributed by atoms with van der Waals surface area (Å²) in [6, 6.07) is 8.76. The molecule has 1 aliphatic heterocycles. The van der Waals surface area contributed by atoms with Gasteiger partial charge in [-0.1, -0.05) is 30.0 Å². The van der Waals surface area contributed by atoms with Gasteiger partial charge < -0.3 is 5.73 Å². The lowest BCUT2D eigenvalue weighted by molar-refractivity contribution is 0.600. The third-order valence-electron chi connectivity index (χ3n) is 3.07. The smallest absolute Gasteiger partial charge is 0.190 e. The number of hydrogen-bond acceptors (Lipinski definition) is 6. The van der Waals surface area contributed by atoms with Crippen LogP contribution in [0, 0.1) is 6.92 Å². The fourth-order valence-electron chi connectivity index (χ4n) is 2.25. The molecule has 2 heterocycles. The number of hydrogen-bond donors (Lipinski definition) is 1. The molecule has 0 amide bonds. The summed E-state index contributed by atoms with van der Waals surface area (Å²) in [6.45, 7) is 1.83. The summed E-state index contributed by atoms with van der Waals surface area (Å²) in [7, 11) is -3.20. The van der Waals surface area contributed by atoms with Crippen LogP contribution in [0.15, 0.2) is 40.4 Å². The zero-order valence-electron chi connectivity index (χ0n) is 10.8. The molecule has 1 aromatic carbocycles. The largest absolute Gasteiger partial charge is 0.384 e. The molecule has 7 heteroatoms. The second-order valence-electron chi connectivity index (χ2n) is 4.64. The first-order chi connectivity index (χ1) is 9.45. The molecule has 0 bridgehead atoms. The predicted molar refractivity (Wildman–Crippen MR) is 78.3 cm³/mol. The number of rotatable bonds is 2. The van der Waals surface area contributed by atoms with Crippen molar-refractivity contribution in [2.24, 2.45) is 0 Å². The zero-order chi connectivity index (χ0) is 14.3. The molecule has 2 aromatic rings. The number of nitrogens with zero attached hydrogens (tertiary/aromatic N) is 2. The molecule has 20 heavy (non-hydrogen) atoms. The fraction of sp³-hybridized carbons (Fsp3) is 0.231. The predicted octanol–water partition coefficient (Wildman–Crippen LogP) is 1.99. The fourth-order valence-corrected chi connectivity index (χ4v) is 5.69. The van der Waals surface area contributed by atoms with Crippen LogP contribution in [-0.2, 0) is 9.84 Å². The maximum atomic E-state index is 12.1. The Morgan fingerprint density at radius 3 is 2.80 bits per heavy atom. The van der Waals surface area contributed by atoms with Gasteiger partial charge in [0.15, 0.2) is 15.0 Å². The Kier molecular flexibility index (Phi) is 3.18. The molecule has 5 nitrogen and oxygen atoms in total. The van der Waals surface area contributed by atoms with Gasteiger partial charge in [-0.05, 0) is 18.6 Å². The maximum Gasteiger partial charge on any atom is 0.190 e. The molecule has 1 aliphatic rings. The van der Waals surface area contributed by atoms with Gasteiger partial charge in [0.2, 0.25) is 0 Å². The molecule has 2 N–H and O–H groups in total. The van der Waals surface area contributed by atoms with Gasteiger partial charge in [-0.15, -0.1) is 0 Å². The van der Waals surface area contributed by atoms with E-state index in [0.717, 1.165) is 11.3 Å². The van der Waals surface area contributed by atoms with Crippen LogP contribution in [0.4, 0.5) is 5.82 Å². The summed E-state index contributed by atoms with van der Waals surface area (Å²) >= 11 is 1.34. The molecule has 0 radical (unpaired) electrons. The van der Waals surface area contributed by atoms with Crippen LogP contribution >= 0.6 is 11.8 Å². The molecule has 104 valence electrons. The lowest BCUT2D eigenvalue weighted by Gasteiger charge is -2.09. The van der Waals surface area contributed by atoms with E-state index in [9.17, 15) is 8.42 Å². The van der Waals surface area contributed by atoms with Crippen LogP contribution < -0.4 is 5.73 Å². The average Bonchev–Trinajstić information content (AvgIpc) is 2.60. The summed E-state index contributed by atoms with van der Waals surface area (Å²) < 4.78 is 24.2. The van der Waals surface area contributed by atoms with Crippen molar-refractivity contribution in [3.05, 3.63) is 41.6 Å². The molecule has 1 unspecified atom stereocenters. The molecule has 3 rings (SSSR count). The SMILES string of the molecule is Cc1cc(N)nc(SC2CS(=O)(=O)c3ccccc32)n1. The van der Waals surface area contributed by atoms with Gasteiger partial charge >= 0.3 is 0 Å². The summed E-state index contributed by atoms with van der Waals surface area (Å²) in [6.07, 6.45) is 0. The third kappa shape index (κ3) is 2.38. The lowest BCUT2D eigenvalue weighted by atomic mass is 10.2.